The van der Waals surface area contributed by atoms with Crippen LogP contribution in [0, 0.1) is 0 Å². The second-order valence-electron chi connectivity index (χ2n) is 2.93. The molecule has 0 aromatic heterocycles. The molecule has 0 aromatic carbocycles. The lowest BCUT2D eigenvalue weighted by atomic mass is 10.1. The zero-order valence-corrected chi connectivity index (χ0v) is 8.04. The molecule has 7 nitrogen and oxygen atoms in total. The fourth-order valence-electron chi connectivity index (χ4n) is 0.832. The lowest BCUT2D eigenvalue weighted by Crippen LogP contribution is -2.48. The summed E-state index contributed by atoms with van der Waals surface area (Å²) in [7, 11) is 0. The monoisotopic (exact) mass is 221 g/mol. The Bertz CT molecular complexity index is 209. The number of aldehydes is 1. The van der Waals surface area contributed by atoms with Gasteiger partial charge in [-0.1, -0.05) is 0 Å². The first-order chi connectivity index (χ1) is 7.04. The summed E-state index contributed by atoms with van der Waals surface area (Å²) in [5.41, 5.74) is 0. The largest absolute Gasteiger partial charge is 0.394 e. The molecule has 0 saturated carbocycles. The van der Waals surface area contributed by atoms with E-state index >= 15 is 0 Å². The van der Waals surface area contributed by atoms with Gasteiger partial charge in [-0.05, 0) is 0 Å². The summed E-state index contributed by atoms with van der Waals surface area (Å²) in [6.45, 7) is -0.721. The van der Waals surface area contributed by atoms with Crippen LogP contribution in [0.15, 0.2) is 0 Å². The Labute approximate surface area is 86.3 Å². The molecule has 15 heavy (non-hydrogen) atoms. The van der Waals surface area contributed by atoms with Crippen LogP contribution in [0.1, 0.15) is 6.42 Å². The van der Waals surface area contributed by atoms with Crippen molar-refractivity contribution in [3.63, 3.8) is 0 Å². The molecule has 0 unspecified atom stereocenters. The van der Waals surface area contributed by atoms with Crippen LogP contribution in [-0.2, 0) is 9.59 Å². The van der Waals surface area contributed by atoms with Crippen molar-refractivity contribution in [2.75, 3.05) is 13.2 Å². The molecule has 3 atom stereocenters. The van der Waals surface area contributed by atoms with Crippen LogP contribution < -0.4 is 5.32 Å². The molecule has 0 saturated heterocycles. The van der Waals surface area contributed by atoms with E-state index in [2.05, 4.69) is 5.32 Å². The van der Waals surface area contributed by atoms with Gasteiger partial charge in [0.2, 0.25) is 0 Å². The molecule has 0 aliphatic rings. The summed E-state index contributed by atoms with van der Waals surface area (Å²) >= 11 is 0. The van der Waals surface area contributed by atoms with Crippen LogP contribution in [0.2, 0.25) is 0 Å². The number of amides is 1. The number of aliphatic hydroxyl groups excluding tert-OH is 4. The first-order valence-corrected chi connectivity index (χ1v) is 4.41. The fraction of sp³-hybridized carbons (Fsp3) is 0.750. The van der Waals surface area contributed by atoms with Crippen LogP contribution in [0.3, 0.4) is 0 Å². The zero-order valence-electron chi connectivity index (χ0n) is 8.04. The number of hydrogen-bond donors (Lipinski definition) is 5. The van der Waals surface area contributed by atoms with E-state index in [0.717, 1.165) is 0 Å². The van der Waals surface area contributed by atoms with E-state index in [4.69, 9.17) is 20.4 Å². The van der Waals surface area contributed by atoms with Gasteiger partial charge < -0.3 is 30.5 Å². The first kappa shape index (κ1) is 14.0. The van der Waals surface area contributed by atoms with Gasteiger partial charge in [-0.15, -0.1) is 0 Å². The maximum Gasteiger partial charge on any atom is 0.251 e. The average Bonchev–Trinajstić information content (AvgIpc) is 2.26. The molecule has 0 aliphatic heterocycles. The summed E-state index contributed by atoms with van der Waals surface area (Å²) in [4.78, 5) is 21.0. The van der Waals surface area contributed by atoms with E-state index in [1.54, 1.807) is 0 Å². The predicted molar refractivity (Wildman–Crippen MR) is 48.8 cm³/mol. The van der Waals surface area contributed by atoms with E-state index in [1.807, 2.05) is 0 Å². The Morgan fingerprint density at radius 2 is 1.93 bits per heavy atom. The van der Waals surface area contributed by atoms with Crippen molar-refractivity contribution < 1.29 is 30.0 Å². The number of aliphatic hydroxyl groups is 4. The fourth-order valence-corrected chi connectivity index (χ4v) is 0.832. The maximum absolute atomic E-state index is 11.0. The van der Waals surface area contributed by atoms with E-state index in [1.165, 1.54) is 0 Å². The third kappa shape index (κ3) is 4.84. The Balaban J connectivity index is 4.01. The number of rotatable bonds is 7. The Morgan fingerprint density at radius 3 is 2.40 bits per heavy atom. The van der Waals surface area contributed by atoms with Crippen molar-refractivity contribution in [1.29, 1.82) is 0 Å². The third-order valence-electron chi connectivity index (χ3n) is 1.73. The van der Waals surface area contributed by atoms with Crippen LogP contribution in [0.25, 0.3) is 0 Å². The summed E-state index contributed by atoms with van der Waals surface area (Å²) in [6, 6.07) is 0. The van der Waals surface area contributed by atoms with E-state index in [-0.39, 0.29) is 13.0 Å². The summed E-state index contributed by atoms with van der Waals surface area (Å²) in [5, 5.41) is 37.8. The number of nitrogens with one attached hydrogen (secondary N) is 1. The smallest absolute Gasteiger partial charge is 0.251 e. The normalized spacial score (nSPS) is 16.5. The number of hydrogen-bond acceptors (Lipinski definition) is 6. The molecule has 0 fully saturated rings. The van der Waals surface area contributed by atoms with Crippen molar-refractivity contribution in [3.05, 3.63) is 0 Å². The van der Waals surface area contributed by atoms with Gasteiger partial charge in [0, 0.05) is 13.0 Å². The molecule has 1 amide bonds. The predicted octanol–water partition coefficient (Wildman–Crippen LogP) is -3.23. The second-order valence-corrected chi connectivity index (χ2v) is 2.93. The summed E-state index contributed by atoms with van der Waals surface area (Å²) < 4.78 is 0. The molecule has 0 spiro atoms. The van der Waals surface area contributed by atoms with Gasteiger partial charge in [0.1, 0.15) is 18.5 Å². The average molecular weight is 221 g/mol. The van der Waals surface area contributed by atoms with Crippen molar-refractivity contribution in [1.82, 2.24) is 5.32 Å². The molecular weight excluding hydrogens is 206 g/mol. The lowest BCUT2D eigenvalue weighted by molar-refractivity contribution is -0.142. The van der Waals surface area contributed by atoms with Crippen molar-refractivity contribution in [2.45, 2.75) is 24.7 Å². The quantitative estimate of drug-likeness (QED) is 0.227. The molecule has 0 aromatic rings. The minimum Gasteiger partial charge on any atom is -0.394 e. The van der Waals surface area contributed by atoms with Gasteiger partial charge in [-0.25, -0.2) is 0 Å². The van der Waals surface area contributed by atoms with Crippen molar-refractivity contribution in [3.8, 4) is 0 Å². The standard InChI is InChI=1S/C8H15NO6/c10-3-1-2-9-8(15)7(14)6(13)5(12)4-11/h3,5-7,11-14H,1-2,4H2,(H,9,15)/t5-,6-,7-/m1/s1. The topological polar surface area (TPSA) is 127 Å². The second kappa shape index (κ2) is 7.30. The lowest BCUT2D eigenvalue weighted by Gasteiger charge is -2.20. The Morgan fingerprint density at radius 1 is 1.33 bits per heavy atom. The third-order valence-corrected chi connectivity index (χ3v) is 1.73. The van der Waals surface area contributed by atoms with E-state index in [9.17, 15) is 9.59 Å². The van der Waals surface area contributed by atoms with Crippen molar-refractivity contribution in [2.24, 2.45) is 0 Å². The molecule has 0 bridgehead atoms. The molecule has 5 N–H and O–H groups in total. The molecule has 0 rings (SSSR count). The molecule has 7 heteroatoms. The van der Waals surface area contributed by atoms with Gasteiger partial charge >= 0.3 is 0 Å². The highest BCUT2D eigenvalue weighted by atomic mass is 16.4. The molecule has 88 valence electrons. The van der Waals surface area contributed by atoms with Gasteiger partial charge in [0.05, 0.1) is 6.61 Å². The van der Waals surface area contributed by atoms with E-state index in [0.29, 0.717) is 6.29 Å². The van der Waals surface area contributed by atoms with Gasteiger partial charge in [-0.2, -0.15) is 0 Å². The van der Waals surface area contributed by atoms with Crippen LogP contribution in [0.5, 0.6) is 0 Å². The molecular formula is C8H15NO6. The Kier molecular flexibility index (Phi) is 6.80. The highest BCUT2D eigenvalue weighted by Gasteiger charge is 2.29. The highest BCUT2D eigenvalue weighted by molar-refractivity contribution is 5.81. The zero-order chi connectivity index (χ0) is 11.8. The van der Waals surface area contributed by atoms with Gasteiger partial charge in [-0.3, -0.25) is 4.79 Å². The van der Waals surface area contributed by atoms with Crippen molar-refractivity contribution >= 4 is 12.2 Å². The van der Waals surface area contributed by atoms with Crippen LogP contribution in [-0.4, -0.2) is 64.1 Å². The molecule has 0 heterocycles. The SMILES string of the molecule is O=CCCNC(=O)[C@H](O)[C@H](O)[C@H](O)CO. The maximum atomic E-state index is 11.0. The minimum absolute atomic E-state index is 0.0430. The van der Waals surface area contributed by atoms with Gasteiger partial charge in [0.15, 0.2) is 6.10 Å². The number of carbonyl (C=O) groups excluding carboxylic acids is 2. The molecule has 0 radical (unpaired) electrons. The van der Waals surface area contributed by atoms with Crippen LogP contribution in [0.4, 0.5) is 0 Å². The highest BCUT2D eigenvalue weighted by Crippen LogP contribution is 1.99. The number of carbonyl (C=O) groups is 2. The van der Waals surface area contributed by atoms with Crippen LogP contribution >= 0.6 is 0 Å². The van der Waals surface area contributed by atoms with Gasteiger partial charge in [0.25, 0.3) is 5.91 Å². The summed E-state index contributed by atoms with van der Waals surface area (Å²) in [5.74, 6) is -0.906. The van der Waals surface area contributed by atoms with E-state index < -0.39 is 30.8 Å². The summed E-state index contributed by atoms with van der Waals surface area (Å²) in [6.07, 6.45) is -4.50. The Hall–Kier alpha value is -1.02. The first-order valence-electron chi connectivity index (χ1n) is 4.41. The molecule has 0 aliphatic carbocycles. The minimum atomic E-state index is -1.83.